The zero-order chi connectivity index (χ0) is 10.8. The van der Waals surface area contributed by atoms with E-state index in [1.165, 1.54) is 18.7 Å². The van der Waals surface area contributed by atoms with Crippen LogP contribution in [0.3, 0.4) is 0 Å². The third kappa shape index (κ3) is 1.89. The van der Waals surface area contributed by atoms with Crippen molar-refractivity contribution in [2.24, 2.45) is 5.41 Å². The Kier molecular flexibility index (Phi) is 3.15. The number of hydrogen-bond acceptors (Lipinski definition) is 4. The van der Waals surface area contributed by atoms with E-state index in [0.29, 0.717) is 5.75 Å². The lowest BCUT2D eigenvalue weighted by Crippen LogP contribution is -2.62. The summed E-state index contributed by atoms with van der Waals surface area (Å²) in [5, 5.41) is 4.17. The number of carbonyl (C=O) groups is 3. The van der Waals surface area contributed by atoms with Crippen LogP contribution in [0.4, 0.5) is 4.79 Å². The molecule has 4 amide bonds. The largest absolute Gasteiger partial charge is 0.328 e. The molecule has 0 radical (unpaired) electrons. The average Bonchev–Trinajstić information content (AvgIpc) is 2.11. The van der Waals surface area contributed by atoms with Crippen molar-refractivity contribution in [2.45, 2.75) is 13.8 Å². The summed E-state index contributed by atoms with van der Waals surface area (Å²) in [7, 11) is 0. The lowest BCUT2D eigenvalue weighted by molar-refractivity contribution is -0.141. The van der Waals surface area contributed by atoms with Crippen molar-refractivity contribution in [3.8, 4) is 0 Å². The van der Waals surface area contributed by atoms with Crippen LogP contribution in [0.25, 0.3) is 0 Å². The average molecular weight is 216 g/mol. The van der Waals surface area contributed by atoms with Gasteiger partial charge in [0.1, 0.15) is 5.41 Å². The van der Waals surface area contributed by atoms with Crippen molar-refractivity contribution in [3.63, 3.8) is 0 Å². The highest BCUT2D eigenvalue weighted by Gasteiger charge is 2.45. The highest BCUT2D eigenvalue weighted by atomic mass is 32.2. The fourth-order valence-corrected chi connectivity index (χ4v) is 1.93. The number of barbiturate groups is 1. The molecule has 0 bridgehead atoms. The zero-order valence-corrected chi connectivity index (χ0v) is 8.86. The summed E-state index contributed by atoms with van der Waals surface area (Å²) in [6.07, 6.45) is 0. The molecule has 1 saturated heterocycles. The van der Waals surface area contributed by atoms with Gasteiger partial charge in [-0.15, -0.1) is 0 Å². The standard InChI is InChI=1S/C8H12N2O3S/c1-3-14-4-8(2)5(11)9-7(13)10-6(8)12/h3-4H2,1-2H3,(H2,9,10,11,12,13). The summed E-state index contributed by atoms with van der Waals surface area (Å²) in [4.78, 5) is 33.6. The van der Waals surface area contributed by atoms with Crippen molar-refractivity contribution in [1.82, 2.24) is 10.6 Å². The van der Waals surface area contributed by atoms with E-state index in [-0.39, 0.29) is 0 Å². The molecular weight excluding hydrogens is 204 g/mol. The van der Waals surface area contributed by atoms with Gasteiger partial charge in [0.2, 0.25) is 11.8 Å². The van der Waals surface area contributed by atoms with Crippen molar-refractivity contribution in [2.75, 3.05) is 11.5 Å². The summed E-state index contributed by atoms with van der Waals surface area (Å²) < 4.78 is 0. The summed E-state index contributed by atoms with van der Waals surface area (Å²) in [5.74, 6) is 0.165. The minimum atomic E-state index is -1.13. The quantitative estimate of drug-likeness (QED) is 0.657. The number of hydrogen-bond donors (Lipinski definition) is 2. The summed E-state index contributed by atoms with van der Waals surface area (Å²) in [6.45, 7) is 3.48. The summed E-state index contributed by atoms with van der Waals surface area (Å²) in [6, 6.07) is -0.737. The molecule has 0 aromatic rings. The van der Waals surface area contributed by atoms with Gasteiger partial charge in [-0.2, -0.15) is 11.8 Å². The number of carbonyl (C=O) groups excluding carboxylic acids is 3. The van der Waals surface area contributed by atoms with Gasteiger partial charge in [-0.1, -0.05) is 6.92 Å². The molecule has 78 valence electrons. The first-order valence-electron chi connectivity index (χ1n) is 4.25. The molecule has 0 aromatic carbocycles. The molecule has 0 saturated carbocycles. The number of imide groups is 2. The van der Waals surface area contributed by atoms with Crippen LogP contribution in [0.15, 0.2) is 0 Å². The Morgan fingerprint density at radius 3 is 2.14 bits per heavy atom. The van der Waals surface area contributed by atoms with Crippen LogP contribution < -0.4 is 10.6 Å². The van der Waals surface area contributed by atoms with Crippen molar-refractivity contribution in [1.29, 1.82) is 0 Å². The molecule has 6 heteroatoms. The van der Waals surface area contributed by atoms with Crippen LogP contribution in [0.5, 0.6) is 0 Å². The van der Waals surface area contributed by atoms with E-state index in [0.717, 1.165) is 5.75 Å². The maximum atomic E-state index is 11.4. The van der Waals surface area contributed by atoms with E-state index < -0.39 is 23.3 Å². The molecule has 1 heterocycles. The second-order valence-electron chi connectivity index (χ2n) is 3.21. The lowest BCUT2D eigenvalue weighted by atomic mass is 9.89. The van der Waals surface area contributed by atoms with E-state index in [1.807, 2.05) is 6.92 Å². The van der Waals surface area contributed by atoms with E-state index >= 15 is 0 Å². The highest BCUT2D eigenvalue weighted by Crippen LogP contribution is 2.24. The molecule has 0 aromatic heterocycles. The van der Waals surface area contributed by atoms with E-state index in [1.54, 1.807) is 0 Å². The molecule has 1 aliphatic rings. The fourth-order valence-electron chi connectivity index (χ4n) is 1.05. The molecule has 2 N–H and O–H groups in total. The number of nitrogens with one attached hydrogen (secondary N) is 2. The summed E-state index contributed by atoms with van der Waals surface area (Å²) >= 11 is 1.49. The number of urea groups is 1. The van der Waals surface area contributed by atoms with Crippen LogP contribution in [-0.4, -0.2) is 29.4 Å². The minimum absolute atomic E-state index is 0.383. The highest BCUT2D eigenvalue weighted by molar-refractivity contribution is 7.99. The Bertz CT molecular complexity index is 270. The third-order valence-electron chi connectivity index (χ3n) is 2.05. The normalized spacial score (nSPS) is 20.3. The van der Waals surface area contributed by atoms with Gasteiger partial charge in [0.15, 0.2) is 0 Å². The first-order chi connectivity index (χ1) is 6.50. The van der Waals surface area contributed by atoms with Crippen molar-refractivity contribution < 1.29 is 14.4 Å². The Morgan fingerprint density at radius 1 is 1.21 bits per heavy atom. The number of rotatable bonds is 3. The monoisotopic (exact) mass is 216 g/mol. The van der Waals surface area contributed by atoms with Gasteiger partial charge in [-0.3, -0.25) is 20.2 Å². The smallest absolute Gasteiger partial charge is 0.277 e. The van der Waals surface area contributed by atoms with Gasteiger partial charge in [-0.25, -0.2) is 4.79 Å². The predicted octanol–water partition coefficient (Wildman–Crippen LogP) is 0.112. The molecule has 1 aliphatic heterocycles. The van der Waals surface area contributed by atoms with Crippen LogP contribution in [0.1, 0.15) is 13.8 Å². The Balaban J connectivity index is 2.79. The van der Waals surface area contributed by atoms with Gasteiger partial charge in [0.25, 0.3) is 0 Å². The molecule has 0 aliphatic carbocycles. The first kappa shape index (κ1) is 11.0. The molecular formula is C8H12N2O3S. The van der Waals surface area contributed by atoms with Gasteiger partial charge in [0.05, 0.1) is 0 Å². The van der Waals surface area contributed by atoms with Crippen LogP contribution in [-0.2, 0) is 9.59 Å². The zero-order valence-electron chi connectivity index (χ0n) is 8.05. The van der Waals surface area contributed by atoms with Crippen LogP contribution in [0.2, 0.25) is 0 Å². The molecule has 0 unspecified atom stereocenters. The van der Waals surface area contributed by atoms with Gasteiger partial charge in [-0.05, 0) is 12.7 Å². The lowest BCUT2D eigenvalue weighted by Gasteiger charge is -2.29. The molecule has 14 heavy (non-hydrogen) atoms. The Labute approximate surface area is 86.0 Å². The third-order valence-corrected chi connectivity index (χ3v) is 3.24. The van der Waals surface area contributed by atoms with E-state index in [2.05, 4.69) is 10.6 Å². The van der Waals surface area contributed by atoms with Crippen molar-refractivity contribution in [3.05, 3.63) is 0 Å². The minimum Gasteiger partial charge on any atom is -0.277 e. The van der Waals surface area contributed by atoms with Crippen LogP contribution >= 0.6 is 11.8 Å². The van der Waals surface area contributed by atoms with Crippen molar-refractivity contribution >= 4 is 29.6 Å². The molecule has 1 fully saturated rings. The predicted molar refractivity (Wildman–Crippen MR) is 52.8 cm³/mol. The number of amides is 4. The Hall–Kier alpha value is -1.04. The molecule has 0 spiro atoms. The first-order valence-corrected chi connectivity index (χ1v) is 5.41. The maximum absolute atomic E-state index is 11.4. The topological polar surface area (TPSA) is 75.3 Å². The van der Waals surface area contributed by atoms with Gasteiger partial charge >= 0.3 is 6.03 Å². The van der Waals surface area contributed by atoms with E-state index in [9.17, 15) is 14.4 Å². The summed E-state index contributed by atoms with van der Waals surface area (Å²) in [5.41, 5.74) is -1.13. The molecule has 0 atom stereocenters. The SMILES string of the molecule is CCSCC1(C)C(=O)NC(=O)NC1=O. The second-order valence-corrected chi connectivity index (χ2v) is 4.48. The Morgan fingerprint density at radius 2 is 1.71 bits per heavy atom. The van der Waals surface area contributed by atoms with Gasteiger partial charge in [0, 0.05) is 5.75 Å². The second kappa shape index (κ2) is 4.00. The van der Waals surface area contributed by atoms with Crippen LogP contribution in [0, 0.1) is 5.41 Å². The molecule has 5 nitrogen and oxygen atoms in total. The van der Waals surface area contributed by atoms with Gasteiger partial charge < -0.3 is 0 Å². The number of thioether (sulfide) groups is 1. The maximum Gasteiger partial charge on any atom is 0.328 e. The fraction of sp³-hybridized carbons (Fsp3) is 0.625. The van der Waals surface area contributed by atoms with E-state index in [4.69, 9.17) is 0 Å². The molecule has 1 rings (SSSR count).